The molecule has 42 valence electrons. The summed E-state index contributed by atoms with van der Waals surface area (Å²) in [4.78, 5) is 9.72. The number of aldehydes is 1. The molecule has 0 radical (unpaired) electrons. The minimum Gasteiger partial charge on any atom is -0.330 e. The molecule has 0 aliphatic heterocycles. The standard InChI is InChI=1S/C5H11NO/c1-5(4-6)2-3-7/h3,5H,2,4,6H2,1H3. The van der Waals surface area contributed by atoms with Gasteiger partial charge in [-0.05, 0) is 12.5 Å². The van der Waals surface area contributed by atoms with Crippen molar-refractivity contribution in [2.24, 2.45) is 11.7 Å². The second kappa shape index (κ2) is 3.81. The van der Waals surface area contributed by atoms with Crippen molar-refractivity contribution in [1.29, 1.82) is 0 Å². The number of rotatable bonds is 3. The van der Waals surface area contributed by atoms with Crippen molar-refractivity contribution >= 4 is 6.29 Å². The molecule has 2 heteroatoms. The van der Waals surface area contributed by atoms with Crippen LogP contribution in [0.25, 0.3) is 0 Å². The van der Waals surface area contributed by atoms with E-state index in [1.165, 1.54) is 0 Å². The summed E-state index contributed by atoms with van der Waals surface area (Å²) in [6.07, 6.45) is 1.49. The van der Waals surface area contributed by atoms with Gasteiger partial charge >= 0.3 is 0 Å². The summed E-state index contributed by atoms with van der Waals surface area (Å²) in [6, 6.07) is 0. The van der Waals surface area contributed by atoms with Crippen molar-refractivity contribution < 1.29 is 4.79 Å². The van der Waals surface area contributed by atoms with Gasteiger partial charge in [-0.15, -0.1) is 0 Å². The van der Waals surface area contributed by atoms with Crippen molar-refractivity contribution in [3.8, 4) is 0 Å². The van der Waals surface area contributed by atoms with Crippen LogP contribution in [0.15, 0.2) is 0 Å². The Kier molecular flexibility index (Phi) is 3.61. The van der Waals surface area contributed by atoms with E-state index >= 15 is 0 Å². The van der Waals surface area contributed by atoms with Gasteiger partial charge in [0, 0.05) is 6.42 Å². The van der Waals surface area contributed by atoms with Crippen molar-refractivity contribution in [2.45, 2.75) is 13.3 Å². The van der Waals surface area contributed by atoms with Gasteiger partial charge in [0.05, 0.1) is 0 Å². The fraction of sp³-hybridized carbons (Fsp3) is 0.800. The number of hydrogen-bond acceptors (Lipinski definition) is 2. The monoisotopic (exact) mass is 101 g/mol. The van der Waals surface area contributed by atoms with E-state index in [-0.39, 0.29) is 0 Å². The first-order valence-electron chi connectivity index (χ1n) is 2.45. The summed E-state index contributed by atoms with van der Waals surface area (Å²) < 4.78 is 0. The Hall–Kier alpha value is -0.370. The fourth-order valence-electron chi connectivity index (χ4n) is 0.260. The van der Waals surface area contributed by atoms with Crippen LogP contribution in [0, 0.1) is 5.92 Å². The molecule has 0 amide bonds. The molecule has 1 atom stereocenters. The minimum atomic E-state index is 0.359. The molecule has 0 fully saturated rings. The van der Waals surface area contributed by atoms with Crippen LogP contribution in [0.5, 0.6) is 0 Å². The van der Waals surface area contributed by atoms with Crippen LogP contribution < -0.4 is 5.73 Å². The quantitative estimate of drug-likeness (QED) is 0.515. The molecule has 0 spiro atoms. The molecular formula is C5H11NO. The molecule has 0 saturated heterocycles. The van der Waals surface area contributed by atoms with Gasteiger partial charge in [-0.25, -0.2) is 0 Å². The van der Waals surface area contributed by atoms with Crippen molar-refractivity contribution in [3.05, 3.63) is 0 Å². The van der Waals surface area contributed by atoms with Gasteiger partial charge in [0.15, 0.2) is 0 Å². The highest BCUT2D eigenvalue weighted by Crippen LogP contribution is 1.92. The minimum absolute atomic E-state index is 0.359. The molecule has 0 aromatic carbocycles. The summed E-state index contributed by atoms with van der Waals surface area (Å²) in [5.41, 5.74) is 5.20. The first-order valence-corrected chi connectivity index (χ1v) is 2.45. The molecule has 0 bridgehead atoms. The van der Waals surface area contributed by atoms with Crippen molar-refractivity contribution in [1.82, 2.24) is 0 Å². The lowest BCUT2D eigenvalue weighted by atomic mass is 10.1. The zero-order valence-electron chi connectivity index (χ0n) is 4.55. The fourth-order valence-corrected chi connectivity index (χ4v) is 0.260. The lowest BCUT2D eigenvalue weighted by Gasteiger charge is -1.98. The van der Waals surface area contributed by atoms with E-state index in [0.717, 1.165) is 6.29 Å². The van der Waals surface area contributed by atoms with Crippen molar-refractivity contribution in [3.63, 3.8) is 0 Å². The van der Waals surface area contributed by atoms with Gasteiger partial charge in [0.2, 0.25) is 0 Å². The number of carbonyl (C=O) groups excluding carboxylic acids is 1. The Labute approximate surface area is 43.7 Å². The van der Waals surface area contributed by atoms with Gasteiger partial charge in [-0.3, -0.25) is 0 Å². The predicted molar refractivity (Wildman–Crippen MR) is 28.9 cm³/mol. The Balaban J connectivity index is 2.98. The van der Waals surface area contributed by atoms with Gasteiger partial charge in [-0.1, -0.05) is 6.92 Å². The third kappa shape index (κ3) is 3.46. The molecule has 0 aliphatic rings. The van der Waals surface area contributed by atoms with Gasteiger partial charge in [-0.2, -0.15) is 0 Å². The highest BCUT2D eigenvalue weighted by molar-refractivity contribution is 5.49. The molecule has 0 aromatic rings. The Morgan fingerprint density at radius 1 is 1.86 bits per heavy atom. The van der Waals surface area contributed by atoms with E-state index in [0.29, 0.717) is 18.9 Å². The average molecular weight is 101 g/mol. The second-order valence-corrected chi connectivity index (χ2v) is 1.74. The Morgan fingerprint density at radius 2 is 2.43 bits per heavy atom. The molecule has 1 unspecified atom stereocenters. The van der Waals surface area contributed by atoms with Crippen LogP contribution >= 0.6 is 0 Å². The zero-order valence-corrected chi connectivity index (χ0v) is 4.55. The molecule has 0 heterocycles. The third-order valence-electron chi connectivity index (χ3n) is 0.901. The van der Waals surface area contributed by atoms with E-state index in [9.17, 15) is 4.79 Å². The molecular weight excluding hydrogens is 90.1 g/mol. The number of hydrogen-bond donors (Lipinski definition) is 1. The van der Waals surface area contributed by atoms with Crippen LogP contribution in [0.1, 0.15) is 13.3 Å². The maximum Gasteiger partial charge on any atom is 0.120 e. The topological polar surface area (TPSA) is 43.1 Å². The van der Waals surface area contributed by atoms with Gasteiger partial charge in [0.25, 0.3) is 0 Å². The van der Waals surface area contributed by atoms with E-state index in [1.54, 1.807) is 0 Å². The van der Waals surface area contributed by atoms with Crippen LogP contribution in [0.3, 0.4) is 0 Å². The zero-order chi connectivity index (χ0) is 5.70. The van der Waals surface area contributed by atoms with Crippen LogP contribution in [0.4, 0.5) is 0 Å². The van der Waals surface area contributed by atoms with E-state index in [4.69, 9.17) is 5.73 Å². The highest BCUT2D eigenvalue weighted by atomic mass is 16.1. The van der Waals surface area contributed by atoms with E-state index in [2.05, 4.69) is 0 Å². The summed E-state index contributed by atoms with van der Waals surface area (Å²) in [5, 5.41) is 0. The van der Waals surface area contributed by atoms with Crippen molar-refractivity contribution in [2.75, 3.05) is 6.54 Å². The Morgan fingerprint density at radius 3 is 2.57 bits per heavy atom. The summed E-state index contributed by atoms with van der Waals surface area (Å²) >= 11 is 0. The maximum absolute atomic E-state index is 9.72. The SMILES string of the molecule is CC(CN)CC=O. The van der Waals surface area contributed by atoms with Crippen LogP contribution in [-0.4, -0.2) is 12.8 Å². The largest absolute Gasteiger partial charge is 0.330 e. The summed E-state index contributed by atoms with van der Waals surface area (Å²) in [6.45, 7) is 2.56. The predicted octanol–water partition coefficient (Wildman–Crippen LogP) is 0.170. The first-order chi connectivity index (χ1) is 3.31. The Bertz CT molecular complexity index is 54.0. The van der Waals surface area contributed by atoms with E-state index in [1.807, 2.05) is 6.92 Å². The van der Waals surface area contributed by atoms with E-state index < -0.39 is 0 Å². The number of carbonyl (C=O) groups is 1. The third-order valence-corrected chi connectivity index (χ3v) is 0.901. The normalized spacial score (nSPS) is 13.4. The average Bonchev–Trinajstić information content (AvgIpc) is 1.68. The smallest absolute Gasteiger partial charge is 0.120 e. The summed E-state index contributed by atoms with van der Waals surface area (Å²) in [7, 11) is 0. The lowest BCUT2D eigenvalue weighted by molar-refractivity contribution is -0.108. The van der Waals surface area contributed by atoms with Crippen LogP contribution in [-0.2, 0) is 4.79 Å². The van der Waals surface area contributed by atoms with Gasteiger partial charge < -0.3 is 10.5 Å². The molecule has 0 saturated carbocycles. The molecule has 7 heavy (non-hydrogen) atoms. The highest BCUT2D eigenvalue weighted by Gasteiger charge is 1.93. The first kappa shape index (κ1) is 6.63. The van der Waals surface area contributed by atoms with Gasteiger partial charge in [0.1, 0.15) is 6.29 Å². The second-order valence-electron chi connectivity index (χ2n) is 1.74. The van der Waals surface area contributed by atoms with Crippen LogP contribution in [0.2, 0.25) is 0 Å². The lowest BCUT2D eigenvalue weighted by Crippen LogP contribution is -2.10. The molecule has 2 nitrogen and oxygen atoms in total. The molecule has 2 N–H and O–H groups in total. The summed E-state index contributed by atoms with van der Waals surface area (Å²) in [5.74, 6) is 0.359. The number of nitrogens with two attached hydrogens (primary N) is 1. The maximum atomic E-state index is 9.72. The molecule has 0 rings (SSSR count). The molecule has 0 aromatic heterocycles. The molecule has 0 aliphatic carbocycles.